The summed E-state index contributed by atoms with van der Waals surface area (Å²) in [5.74, 6) is 1.83. The Hall–Kier alpha value is -0.380. The quantitative estimate of drug-likeness (QED) is 0.832. The third-order valence-electron chi connectivity index (χ3n) is 3.43. The molecule has 84 valence electrons. The van der Waals surface area contributed by atoms with Crippen molar-refractivity contribution >= 4 is 11.3 Å². The van der Waals surface area contributed by atoms with Gasteiger partial charge in [-0.1, -0.05) is 13.0 Å². The predicted octanol–water partition coefficient (Wildman–Crippen LogP) is 2.34. The highest BCUT2D eigenvalue weighted by Crippen LogP contribution is 2.39. The first kappa shape index (κ1) is 11.1. The van der Waals surface area contributed by atoms with Crippen molar-refractivity contribution in [3.63, 3.8) is 0 Å². The van der Waals surface area contributed by atoms with Crippen LogP contribution in [0.4, 0.5) is 0 Å². The number of nitrogens with two attached hydrogens (primary N) is 1. The molecule has 0 amide bonds. The zero-order valence-electron chi connectivity index (χ0n) is 9.52. The number of hydrogen-bond donors (Lipinski definition) is 1. The van der Waals surface area contributed by atoms with E-state index in [1.807, 2.05) is 11.3 Å². The van der Waals surface area contributed by atoms with Crippen molar-refractivity contribution in [3.8, 4) is 0 Å². The van der Waals surface area contributed by atoms with E-state index in [1.165, 1.54) is 17.8 Å². The number of nitrogens with zero attached hydrogens (tertiary/aromatic N) is 1. The summed E-state index contributed by atoms with van der Waals surface area (Å²) in [7, 11) is 2.20. The van der Waals surface area contributed by atoms with E-state index >= 15 is 0 Å². The summed E-state index contributed by atoms with van der Waals surface area (Å²) in [5, 5.41) is 2.13. The average molecular weight is 224 g/mol. The summed E-state index contributed by atoms with van der Waals surface area (Å²) in [6.07, 6.45) is 1.39. The first-order chi connectivity index (χ1) is 7.22. The zero-order valence-corrected chi connectivity index (χ0v) is 10.3. The Bertz CT molecular complexity index is 297. The van der Waals surface area contributed by atoms with Crippen LogP contribution in [-0.2, 0) is 0 Å². The third-order valence-corrected chi connectivity index (χ3v) is 4.40. The minimum atomic E-state index is 0.415. The predicted molar refractivity (Wildman–Crippen MR) is 66.0 cm³/mol. The van der Waals surface area contributed by atoms with Gasteiger partial charge >= 0.3 is 0 Å². The zero-order chi connectivity index (χ0) is 10.8. The van der Waals surface area contributed by atoms with Crippen molar-refractivity contribution in [2.45, 2.75) is 19.4 Å². The van der Waals surface area contributed by atoms with Crippen molar-refractivity contribution < 1.29 is 0 Å². The summed E-state index contributed by atoms with van der Waals surface area (Å²) in [6.45, 7) is 4.25. The second-order valence-corrected chi connectivity index (χ2v) is 5.66. The van der Waals surface area contributed by atoms with Crippen molar-refractivity contribution in [1.29, 1.82) is 0 Å². The minimum absolute atomic E-state index is 0.415. The molecular formula is C12H20N2S. The van der Waals surface area contributed by atoms with E-state index in [-0.39, 0.29) is 0 Å². The van der Waals surface area contributed by atoms with E-state index in [4.69, 9.17) is 5.73 Å². The Kier molecular flexibility index (Phi) is 3.44. The molecular weight excluding hydrogens is 204 g/mol. The molecule has 1 heterocycles. The van der Waals surface area contributed by atoms with Crippen LogP contribution in [0.1, 0.15) is 24.3 Å². The van der Waals surface area contributed by atoms with Crippen LogP contribution in [-0.4, -0.2) is 25.0 Å². The van der Waals surface area contributed by atoms with Crippen LogP contribution >= 0.6 is 11.3 Å². The lowest BCUT2D eigenvalue weighted by molar-refractivity contribution is 0.240. The molecule has 3 unspecified atom stereocenters. The maximum absolute atomic E-state index is 5.86. The lowest BCUT2D eigenvalue weighted by atomic mass is 10.2. The molecule has 1 aliphatic rings. The molecule has 1 aromatic heterocycles. The first-order valence-corrected chi connectivity index (χ1v) is 6.54. The van der Waals surface area contributed by atoms with Gasteiger partial charge in [-0.15, -0.1) is 11.3 Å². The second kappa shape index (κ2) is 4.64. The van der Waals surface area contributed by atoms with Crippen LogP contribution in [0.25, 0.3) is 0 Å². The minimum Gasteiger partial charge on any atom is -0.329 e. The number of thiophene rings is 1. The van der Waals surface area contributed by atoms with Gasteiger partial charge in [-0.2, -0.15) is 0 Å². The van der Waals surface area contributed by atoms with Crippen LogP contribution < -0.4 is 5.73 Å². The molecule has 0 aliphatic heterocycles. The van der Waals surface area contributed by atoms with Gasteiger partial charge in [-0.3, -0.25) is 4.90 Å². The monoisotopic (exact) mass is 224 g/mol. The first-order valence-electron chi connectivity index (χ1n) is 5.66. The summed E-state index contributed by atoms with van der Waals surface area (Å²) >= 11 is 1.81. The molecule has 2 rings (SSSR count). The molecule has 1 fully saturated rings. The summed E-state index contributed by atoms with van der Waals surface area (Å²) in [6, 6.07) is 4.71. The topological polar surface area (TPSA) is 29.3 Å². The van der Waals surface area contributed by atoms with Crippen LogP contribution in [0, 0.1) is 11.8 Å². The SMILES string of the molecule is CC1CC1CN(C)C(CN)c1cccs1. The van der Waals surface area contributed by atoms with E-state index in [0.717, 1.165) is 18.4 Å². The highest BCUT2D eigenvalue weighted by molar-refractivity contribution is 7.10. The fourth-order valence-corrected chi connectivity index (χ4v) is 3.05. The number of rotatable bonds is 5. The molecule has 1 aromatic rings. The summed E-state index contributed by atoms with van der Waals surface area (Å²) in [4.78, 5) is 3.81. The third kappa shape index (κ3) is 2.60. The fraction of sp³-hybridized carbons (Fsp3) is 0.667. The highest BCUT2D eigenvalue weighted by Gasteiger charge is 2.34. The van der Waals surface area contributed by atoms with Gasteiger partial charge in [0, 0.05) is 18.0 Å². The molecule has 2 N–H and O–H groups in total. The van der Waals surface area contributed by atoms with Crippen molar-refractivity contribution in [3.05, 3.63) is 22.4 Å². The molecule has 0 spiro atoms. The number of likely N-dealkylation sites (N-methyl/N-ethyl adjacent to an activating group) is 1. The molecule has 15 heavy (non-hydrogen) atoms. The molecule has 3 atom stereocenters. The lowest BCUT2D eigenvalue weighted by Gasteiger charge is -2.26. The molecule has 0 saturated heterocycles. The number of hydrogen-bond acceptors (Lipinski definition) is 3. The Morgan fingerprint density at radius 1 is 1.67 bits per heavy atom. The van der Waals surface area contributed by atoms with E-state index in [0.29, 0.717) is 6.04 Å². The van der Waals surface area contributed by atoms with Gasteiger partial charge < -0.3 is 5.73 Å². The smallest absolute Gasteiger partial charge is 0.0561 e. The molecule has 0 radical (unpaired) electrons. The van der Waals surface area contributed by atoms with Gasteiger partial charge in [-0.05, 0) is 36.8 Å². The van der Waals surface area contributed by atoms with E-state index in [1.54, 1.807) is 0 Å². The van der Waals surface area contributed by atoms with Gasteiger partial charge in [0.05, 0.1) is 6.04 Å². The van der Waals surface area contributed by atoms with Crippen LogP contribution in [0.5, 0.6) is 0 Å². The Labute approximate surface area is 96.1 Å². The average Bonchev–Trinajstić information content (AvgIpc) is 2.70. The van der Waals surface area contributed by atoms with Crippen LogP contribution in [0.2, 0.25) is 0 Å². The molecule has 1 saturated carbocycles. The van der Waals surface area contributed by atoms with Gasteiger partial charge in [0.2, 0.25) is 0 Å². The maximum Gasteiger partial charge on any atom is 0.0561 e. The molecule has 0 bridgehead atoms. The standard InChI is InChI=1S/C12H20N2S/c1-9-6-10(9)8-14(2)11(7-13)12-4-3-5-15-12/h3-5,9-11H,6-8,13H2,1-2H3. The van der Waals surface area contributed by atoms with Gasteiger partial charge in [0.15, 0.2) is 0 Å². The Morgan fingerprint density at radius 3 is 2.87 bits per heavy atom. The van der Waals surface area contributed by atoms with Crippen molar-refractivity contribution in [2.24, 2.45) is 17.6 Å². The van der Waals surface area contributed by atoms with Gasteiger partial charge in [0.25, 0.3) is 0 Å². The van der Waals surface area contributed by atoms with E-state index in [2.05, 4.69) is 36.4 Å². The maximum atomic E-state index is 5.86. The summed E-state index contributed by atoms with van der Waals surface area (Å²) in [5.41, 5.74) is 5.86. The van der Waals surface area contributed by atoms with Crippen LogP contribution in [0.15, 0.2) is 17.5 Å². The van der Waals surface area contributed by atoms with Gasteiger partial charge in [-0.25, -0.2) is 0 Å². The second-order valence-electron chi connectivity index (χ2n) is 4.68. The Balaban J connectivity index is 1.94. The van der Waals surface area contributed by atoms with Gasteiger partial charge in [0.1, 0.15) is 0 Å². The molecule has 3 heteroatoms. The van der Waals surface area contributed by atoms with E-state index < -0.39 is 0 Å². The van der Waals surface area contributed by atoms with Crippen molar-refractivity contribution in [1.82, 2.24) is 4.90 Å². The normalized spacial score (nSPS) is 26.9. The molecule has 2 nitrogen and oxygen atoms in total. The largest absolute Gasteiger partial charge is 0.329 e. The lowest BCUT2D eigenvalue weighted by Crippen LogP contribution is -2.31. The molecule has 1 aliphatic carbocycles. The van der Waals surface area contributed by atoms with Crippen molar-refractivity contribution in [2.75, 3.05) is 20.1 Å². The summed E-state index contributed by atoms with van der Waals surface area (Å²) < 4.78 is 0. The molecule has 0 aromatic carbocycles. The highest BCUT2D eigenvalue weighted by atomic mass is 32.1. The Morgan fingerprint density at radius 2 is 2.40 bits per heavy atom. The fourth-order valence-electron chi connectivity index (χ4n) is 2.14. The van der Waals surface area contributed by atoms with E-state index in [9.17, 15) is 0 Å². The van der Waals surface area contributed by atoms with Crippen LogP contribution in [0.3, 0.4) is 0 Å².